The predicted octanol–water partition coefficient (Wildman–Crippen LogP) is 3.12. The van der Waals surface area contributed by atoms with Crippen molar-refractivity contribution in [3.8, 4) is 0 Å². The zero-order valence-electron chi connectivity index (χ0n) is 8.71. The van der Waals surface area contributed by atoms with E-state index in [1.807, 2.05) is 0 Å². The van der Waals surface area contributed by atoms with Crippen LogP contribution in [0.15, 0.2) is 24.3 Å². The molecule has 2 rings (SSSR count). The van der Waals surface area contributed by atoms with Crippen molar-refractivity contribution in [1.82, 2.24) is 5.32 Å². The zero-order valence-corrected chi connectivity index (χ0v) is 8.71. The lowest BCUT2D eigenvalue weighted by atomic mass is 10.1. The third-order valence-corrected chi connectivity index (χ3v) is 2.91. The Morgan fingerprint density at radius 1 is 1.33 bits per heavy atom. The van der Waals surface area contributed by atoms with E-state index < -0.39 is 6.43 Å². The van der Waals surface area contributed by atoms with Crippen LogP contribution >= 0.6 is 0 Å². The number of alkyl halides is 2. The van der Waals surface area contributed by atoms with Crippen molar-refractivity contribution in [3.05, 3.63) is 35.4 Å². The van der Waals surface area contributed by atoms with Gasteiger partial charge in [-0.25, -0.2) is 8.78 Å². The van der Waals surface area contributed by atoms with Gasteiger partial charge < -0.3 is 5.32 Å². The number of hydrogen-bond acceptors (Lipinski definition) is 1. The van der Waals surface area contributed by atoms with Crippen molar-refractivity contribution in [2.45, 2.75) is 32.4 Å². The highest BCUT2D eigenvalue weighted by molar-refractivity contribution is 5.23. The molecule has 0 saturated heterocycles. The maximum absolute atomic E-state index is 12.3. The molecule has 0 aliphatic heterocycles. The van der Waals surface area contributed by atoms with E-state index in [0.717, 1.165) is 18.0 Å². The highest BCUT2D eigenvalue weighted by Crippen LogP contribution is 2.29. The fourth-order valence-electron chi connectivity index (χ4n) is 1.64. The van der Waals surface area contributed by atoms with Crippen LogP contribution in [-0.2, 0) is 6.54 Å². The van der Waals surface area contributed by atoms with E-state index in [9.17, 15) is 8.78 Å². The Labute approximate surface area is 88.5 Å². The molecule has 0 heterocycles. The Hall–Kier alpha value is -0.960. The molecule has 0 spiro atoms. The Bertz CT molecular complexity index is 321. The minimum absolute atomic E-state index is 0.0959. The van der Waals surface area contributed by atoms with Gasteiger partial charge in [-0.1, -0.05) is 31.2 Å². The molecule has 1 saturated carbocycles. The average molecular weight is 211 g/mol. The molecule has 0 radical (unpaired) electrons. The van der Waals surface area contributed by atoms with Crippen molar-refractivity contribution >= 4 is 0 Å². The Balaban J connectivity index is 1.86. The number of nitrogens with one attached hydrogen (secondary N) is 1. The van der Waals surface area contributed by atoms with Gasteiger partial charge in [0.15, 0.2) is 0 Å². The molecule has 1 aromatic rings. The Kier molecular flexibility index (Phi) is 3.00. The molecule has 1 nitrogen and oxygen atoms in total. The summed E-state index contributed by atoms with van der Waals surface area (Å²) in [6.45, 7) is 2.98. The first kappa shape index (κ1) is 10.6. The first-order valence-corrected chi connectivity index (χ1v) is 5.27. The minimum Gasteiger partial charge on any atom is -0.310 e. The van der Waals surface area contributed by atoms with Crippen LogP contribution in [0.2, 0.25) is 0 Å². The summed E-state index contributed by atoms with van der Waals surface area (Å²) in [7, 11) is 0. The van der Waals surface area contributed by atoms with Gasteiger partial charge in [-0.3, -0.25) is 0 Å². The van der Waals surface area contributed by atoms with E-state index in [0.29, 0.717) is 6.04 Å². The second kappa shape index (κ2) is 4.27. The summed E-state index contributed by atoms with van der Waals surface area (Å²) in [5, 5.41) is 3.38. The van der Waals surface area contributed by atoms with Gasteiger partial charge in [0, 0.05) is 18.2 Å². The number of benzene rings is 1. The molecule has 15 heavy (non-hydrogen) atoms. The molecule has 0 aromatic heterocycles. The molecular formula is C12H15F2N. The largest absolute Gasteiger partial charge is 0.310 e. The molecule has 1 aromatic carbocycles. The minimum atomic E-state index is -2.37. The predicted molar refractivity (Wildman–Crippen MR) is 55.8 cm³/mol. The molecule has 1 aliphatic rings. The van der Waals surface area contributed by atoms with E-state index in [-0.39, 0.29) is 5.56 Å². The highest BCUT2D eigenvalue weighted by atomic mass is 19.3. The van der Waals surface area contributed by atoms with Crippen molar-refractivity contribution < 1.29 is 8.78 Å². The lowest BCUT2D eigenvalue weighted by molar-refractivity contribution is 0.151. The van der Waals surface area contributed by atoms with Crippen molar-refractivity contribution in [2.75, 3.05) is 0 Å². The van der Waals surface area contributed by atoms with Crippen LogP contribution in [0.5, 0.6) is 0 Å². The normalized spacial score (nSPS) is 24.5. The first-order valence-electron chi connectivity index (χ1n) is 5.27. The van der Waals surface area contributed by atoms with Crippen LogP contribution in [0.25, 0.3) is 0 Å². The SMILES string of the molecule is CC1CC1NCc1ccc(C(F)F)cc1. The van der Waals surface area contributed by atoms with Crippen molar-refractivity contribution in [3.63, 3.8) is 0 Å². The number of rotatable bonds is 4. The number of hydrogen-bond donors (Lipinski definition) is 1. The second-order valence-electron chi connectivity index (χ2n) is 4.24. The van der Waals surface area contributed by atoms with Gasteiger partial charge in [-0.15, -0.1) is 0 Å². The maximum atomic E-state index is 12.3. The van der Waals surface area contributed by atoms with Crippen molar-refractivity contribution in [2.24, 2.45) is 5.92 Å². The number of halogens is 2. The summed E-state index contributed by atoms with van der Waals surface area (Å²) < 4.78 is 24.5. The molecular weight excluding hydrogens is 196 g/mol. The fraction of sp³-hybridized carbons (Fsp3) is 0.500. The molecule has 0 amide bonds. The Morgan fingerprint density at radius 3 is 2.40 bits per heavy atom. The van der Waals surface area contributed by atoms with Gasteiger partial charge in [0.05, 0.1) is 0 Å². The quantitative estimate of drug-likeness (QED) is 0.806. The zero-order chi connectivity index (χ0) is 10.8. The van der Waals surface area contributed by atoms with Gasteiger partial charge in [0.25, 0.3) is 6.43 Å². The topological polar surface area (TPSA) is 12.0 Å². The molecule has 1 aliphatic carbocycles. The summed E-state index contributed by atoms with van der Waals surface area (Å²) in [5.74, 6) is 0.769. The van der Waals surface area contributed by atoms with E-state index >= 15 is 0 Å². The molecule has 2 unspecified atom stereocenters. The van der Waals surface area contributed by atoms with E-state index in [1.54, 1.807) is 12.1 Å². The summed E-state index contributed by atoms with van der Waals surface area (Å²) in [5.41, 5.74) is 1.16. The highest BCUT2D eigenvalue weighted by Gasteiger charge is 2.31. The third-order valence-electron chi connectivity index (χ3n) is 2.91. The third kappa shape index (κ3) is 2.75. The second-order valence-corrected chi connectivity index (χ2v) is 4.24. The van der Waals surface area contributed by atoms with Gasteiger partial charge >= 0.3 is 0 Å². The van der Waals surface area contributed by atoms with Crippen LogP contribution in [-0.4, -0.2) is 6.04 Å². The molecule has 2 atom stereocenters. The van der Waals surface area contributed by atoms with Crippen LogP contribution in [0.1, 0.15) is 30.9 Å². The summed E-state index contributed by atoms with van der Waals surface area (Å²) in [6, 6.07) is 7.15. The van der Waals surface area contributed by atoms with Crippen LogP contribution in [0.4, 0.5) is 8.78 Å². The van der Waals surface area contributed by atoms with E-state index in [4.69, 9.17) is 0 Å². The molecule has 82 valence electrons. The van der Waals surface area contributed by atoms with Crippen LogP contribution in [0.3, 0.4) is 0 Å². The molecule has 0 bridgehead atoms. The molecule has 1 N–H and O–H groups in total. The van der Waals surface area contributed by atoms with Crippen LogP contribution < -0.4 is 5.32 Å². The summed E-state index contributed by atoms with van der Waals surface area (Å²) in [6.07, 6.45) is -1.13. The summed E-state index contributed by atoms with van der Waals surface area (Å²) in [4.78, 5) is 0. The molecule has 1 fully saturated rings. The smallest absolute Gasteiger partial charge is 0.263 e. The van der Waals surface area contributed by atoms with Gasteiger partial charge in [-0.05, 0) is 17.9 Å². The maximum Gasteiger partial charge on any atom is 0.263 e. The van der Waals surface area contributed by atoms with Gasteiger partial charge in [0.2, 0.25) is 0 Å². The first-order chi connectivity index (χ1) is 7.16. The fourth-order valence-corrected chi connectivity index (χ4v) is 1.64. The molecule has 3 heteroatoms. The van der Waals surface area contributed by atoms with Crippen molar-refractivity contribution in [1.29, 1.82) is 0 Å². The summed E-state index contributed by atoms with van der Waals surface area (Å²) >= 11 is 0. The Morgan fingerprint density at radius 2 is 1.93 bits per heavy atom. The van der Waals surface area contributed by atoms with E-state index in [1.165, 1.54) is 18.6 Å². The average Bonchev–Trinajstić information content (AvgIpc) is 2.92. The monoisotopic (exact) mass is 211 g/mol. The standard InChI is InChI=1S/C12H15F2N/c1-8-6-11(8)15-7-9-2-4-10(5-3-9)12(13)14/h2-5,8,11-12,15H,6-7H2,1H3. The van der Waals surface area contributed by atoms with Gasteiger partial charge in [0.1, 0.15) is 0 Å². The lowest BCUT2D eigenvalue weighted by Crippen LogP contribution is -2.16. The van der Waals surface area contributed by atoms with E-state index in [2.05, 4.69) is 12.2 Å². The van der Waals surface area contributed by atoms with Gasteiger partial charge in [-0.2, -0.15) is 0 Å². The van der Waals surface area contributed by atoms with Crippen LogP contribution in [0, 0.1) is 5.92 Å². The lowest BCUT2D eigenvalue weighted by Gasteiger charge is -2.05.